The summed E-state index contributed by atoms with van der Waals surface area (Å²) in [5, 5.41) is 10.6. The van der Waals surface area contributed by atoms with Crippen LogP contribution in [0.25, 0.3) is 11.0 Å². The van der Waals surface area contributed by atoms with Gasteiger partial charge in [0.1, 0.15) is 48.5 Å². The van der Waals surface area contributed by atoms with Crippen molar-refractivity contribution in [2.24, 2.45) is 0 Å². The molecular weight excluding hydrogens is 474 g/mol. The Morgan fingerprint density at radius 3 is 2.11 bits per heavy atom. The number of fused-ring (bicyclic) bond motifs is 1. The summed E-state index contributed by atoms with van der Waals surface area (Å²) in [6, 6.07) is 3.05. The molecule has 2 aromatic carbocycles. The van der Waals surface area contributed by atoms with Crippen LogP contribution >= 0.6 is 31.9 Å². The lowest BCUT2D eigenvalue weighted by molar-refractivity contribution is 0.103. The molecule has 27 heavy (non-hydrogen) atoms. The number of phenolic OH excluding ortho intramolecular Hbond substituents is 1. The summed E-state index contributed by atoms with van der Waals surface area (Å²) in [7, 11) is 7.83. The molecule has 0 aliphatic rings. The average Bonchev–Trinajstić information content (AvgIpc) is 3.02. The number of benzene rings is 2. The highest BCUT2D eigenvalue weighted by atomic mass is 79.9. The molecule has 0 spiro atoms. The van der Waals surface area contributed by atoms with Crippen molar-refractivity contribution in [3.8, 4) is 5.75 Å². The minimum atomic E-state index is -1.43. The van der Waals surface area contributed by atoms with Crippen molar-refractivity contribution in [2.75, 3.05) is 0 Å². The van der Waals surface area contributed by atoms with E-state index >= 15 is 0 Å². The van der Waals surface area contributed by atoms with Gasteiger partial charge in [-0.15, -0.1) is 5.46 Å². The van der Waals surface area contributed by atoms with Gasteiger partial charge in [0.25, 0.3) is 0 Å². The Balaban J connectivity index is 2.40. The fourth-order valence-corrected chi connectivity index (χ4v) is 4.52. The van der Waals surface area contributed by atoms with Crippen molar-refractivity contribution in [3.63, 3.8) is 0 Å². The fourth-order valence-electron chi connectivity index (χ4n) is 3.34. The lowest BCUT2D eigenvalue weighted by Gasteiger charge is -2.12. The van der Waals surface area contributed by atoms with E-state index in [1.54, 1.807) is 0 Å². The lowest BCUT2D eigenvalue weighted by Crippen LogP contribution is -2.47. The molecule has 0 radical (unpaired) electrons. The van der Waals surface area contributed by atoms with Crippen molar-refractivity contribution < 1.29 is 18.7 Å². The molecule has 1 unspecified atom stereocenters. The molecule has 1 aromatic heterocycles. The van der Waals surface area contributed by atoms with Crippen LogP contribution in [0.4, 0.5) is 4.39 Å². The van der Waals surface area contributed by atoms with Crippen LogP contribution in [-0.4, -0.2) is 42.3 Å². The van der Waals surface area contributed by atoms with Gasteiger partial charge in [-0.25, -0.2) is 4.39 Å². The maximum atomic E-state index is 14.4. The molecular formula is C17H15B4Br2FO3. The number of hydrogen-bond acceptors (Lipinski definition) is 3. The molecule has 3 nitrogen and oxygen atoms in total. The molecule has 0 fully saturated rings. The van der Waals surface area contributed by atoms with Gasteiger partial charge in [0, 0.05) is 10.9 Å². The summed E-state index contributed by atoms with van der Waals surface area (Å²) in [6.07, 6.45) is -1.43. The number of hydrogen-bond donors (Lipinski definition) is 1. The molecule has 134 valence electrons. The van der Waals surface area contributed by atoms with Crippen molar-refractivity contribution in [1.82, 2.24) is 0 Å². The number of furan rings is 1. The smallest absolute Gasteiger partial charge is 0.197 e. The van der Waals surface area contributed by atoms with E-state index in [9.17, 15) is 14.3 Å². The first-order valence-corrected chi connectivity index (χ1v) is 10.0. The molecule has 0 amide bonds. The quantitative estimate of drug-likeness (QED) is 0.378. The highest BCUT2D eigenvalue weighted by molar-refractivity contribution is 9.11. The van der Waals surface area contributed by atoms with E-state index in [4.69, 9.17) is 4.42 Å². The first kappa shape index (κ1) is 20.3. The Morgan fingerprint density at radius 2 is 1.59 bits per heavy atom. The van der Waals surface area contributed by atoms with Gasteiger partial charge < -0.3 is 9.52 Å². The van der Waals surface area contributed by atoms with Crippen LogP contribution in [-0.2, 0) is 0 Å². The third-order valence-electron chi connectivity index (χ3n) is 5.21. The second-order valence-corrected chi connectivity index (χ2v) is 8.49. The first-order valence-electron chi connectivity index (χ1n) is 8.45. The van der Waals surface area contributed by atoms with Crippen LogP contribution in [0.5, 0.6) is 5.75 Å². The number of aromatic hydroxyl groups is 1. The zero-order valence-corrected chi connectivity index (χ0v) is 18.8. The summed E-state index contributed by atoms with van der Waals surface area (Å²) >= 11 is 6.49. The van der Waals surface area contributed by atoms with Gasteiger partial charge in [0.2, 0.25) is 0 Å². The van der Waals surface area contributed by atoms with E-state index < -0.39 is 6.17 Å². The Hall–Kier alpha value is -1.40. The number of ketones is 1. The minimum absolute atomic E-state index is 0.00109. The summed E-state index contributed by atoms with van der Waals surface area (Å²) in [5.74, 6) is -0.312. The van der Waals surface area contributed by atoms with Crippen LogP contribution in [0.3, 0.4) is 0 Å². The minimum Gasteiger partial charge on any atom is -0.506 e. The van der Waals surface area contributed by atoms with Gasteiger partial charge >= 0.3 is 0 Å². The topological polar surface area (TPSA) is 50.4 Å². The second-order valence-electron chi connectivity index (χ2n) is 6.78. The maximum Gasteiger partial charge on any atom is 0.197 e. The van der Waals surface area contributed by atoms with Crippen molar-refractivity contribution in [3.05, 3.63) is 38.0 Å². The zero-order chi connectivity index (χ0) is 20.2. The van der Waals surface area contributed by atoms with E-state index in [2.05, 4.69) is 31.9 Å². The summed E-state index contributed by atoms with van der Waals surface area (Å²) in [4.78, 5) is 13.4. The Kier molecular flexibility index (Phi) is 5.43. The van der Waals surface area contributed by atoms with Crippen molar-refractivity contribution in [2.45, 2.75) is 13.1 Å². The van der Waals surface area contributed by atoms with E-state index in [0.717, 1.165) is 21.9 Å². The molecule has 1 atom stereocenters. The number of rotatable bonds is 3. The normalized spacial score (nSPS) is 12.4. The molecule has 1 N–H and O–H groups in total. The Bertz CT molecular complexity index is 1090. The Labute approximate surface area is 177 Å². The molecule has 0 bridgehead atoms. The van der Waals surface area contributed by atoms with Gasteiger partial charge in [-0.3, -0.25) is 4.79 Å². The van der Waals surface area contributed by atoms with E-state index in [1.165, 1.54) is 19.1 Å². The SMILES string of the molecule is Bc1c(B)c(B)c2c(C(=O)c3cc(Br)c(O)c(Br)c3)c(C(C)F)oc2c1B. The molecule has 1 heterocycles. The highest BCUT2D eigenvalue weighted by Gasteiger charge is 2.29. The zero-order valence-electron chi connectivity index (χ0n) is 15.6. The average molecular weight is 489 g/mol. The van der Waals surface area contributed by atoms with Crippen LogP contribution < -0.4 is 21.9 Å². The van der Waals surface area contributed by atoms with Gasteiger partial charge in [0.05, 0.1) is 14.5 Å². The van der Waals surface area contributed by atoms with Crippen LogP contribution in [0, 0.1) is 0 Å². The predicted octanol–water partition coefficient (Wildman–Crippen LogP) is -1.04. The third-order valence-corrected chi connectivity index (χ3v) is 6.41. The molecule has 3 rings (SSSR count). The molecule has 0 saturated carbocycles. The number of halogens is 3. The lowest BCUT2D eigenvalue weighted by atomic mass is 9.65. The number of carbonyl (C=O) groups excluding carboxylic acids is 1. The van der Waals surface area contributed by atoms with Gasteiger partial charge in [-0.2, -0.15) is 0 Å². The monoisotopic (exact) mass is 488 g/mol. The summed E-state index contributed by atoms with van der Waals surface area (Å²) in [6.45, 7) is 1.36. The van der Waals surface area contributed by atoms with Gasteiger partial charge in [-0.05, 0) is 50.9 Å². The molecule has 3 aromatic rings. The number of carbonyl (C=O) groups is 1. The van der Waals surface area contributed by atoms with E-state index in [1.807, 2.05) is 31.4 Å². The fraction of sp³-hybridized carbons (Fsp3) is 0.118. The third kappa shape index (κ3) is 3.21. The number of alkyl halides is 1. The highest BCUT2D eigenvalue weighted by Crippen LogP contribution is 2.36. The van der Waals surface area contributed by atoms with E-state index in [-0.39, 0.29) is 22.9 Å². The van der Waals surface area contributed by atoms with Crippen LogP contribution in [0.2, 0.25) is 0 Å². The second kappa shape index (κ2) is 7.21. The molecule has 0 saturated heterocycles. The summed E-state index contributed by atoms with van der Waals surface area (Å²) in [5.41, 5.74) is 5.06. The van der Waals surface area contributed by atoms with Gasteiger partial charge in [0.15, 0.2) is 12.0 Å². The van der Waals surface area contributed by atoms with Crippen molar-refractivity contribution in [1.29, 1.82) is 0 Å². The first-order chi connectivity index (χ1) is 12.6. The van der Waals surface area contributed by atoms with Crippen LogP contribution in [0.15, 0.2) is 25.5 Å². The maximum absolute atomic E-state index is 14.4. The van der Waals surface area contributed by atoms with Crippen LogP contribution in [0.1, 0.15) is 34.8 Å². The Morgan fingerprint density at radius 1 is 1.07 bits per heavy atom. The summed E-state index contributed by atoms with van der Waals surface area (Å²) < 4.78 is 21.0. The standard InChI is InChI=1S/C17H15B4Br2FO3/c1-4(24)16-9(14(25)5-2-6(22)15(26)7(23)3-5)8-10(18)11(19)12(20)13(21)17(8)27-16/h2-4,26H,18-21H2,1H3. The predicted molar refractivity (Wildman–Crippen MR) is 125 cm³/mol. The number of phenols is 1. The molecule has 0 aliphatic carbocycles. The van der Waals surface area contributed by atoms with Crippen molar-refractivity contribution >= 4 is 102 Å². The largest absolute Gasteiger partial charge is 0.506 e. The van der Waals surface area contributed by atoms with E-state index in [0.29, 0.717) is 25.5 Å². The molecule has 0 aliphatic heterocycles. The molecule has 10 heteroatoms. The van der Waals surface area contributed by atoms with Gasteiger partial charge in [-0.1, -0.05) is 16.4 Å².